The summed E-state index contributed by atoms with van der Waals surface area (Å²) in [5.74, 6) is 0.213. The molecule has 9 nitrogen and oxygen atoms in total. The van der Waals surface area contributed by atoms with E-state index < -0.39 is 10.5 Å². The smallest absolute Gasteiger partial charge is 0.329 e. The van der Waals surface area contributed by atoms with E-state index in [1.807, 2.05) is 0 Å². The van der Waals surface area contributed by atoms with Crippen molar-refractivity contribution in [2.45, 2.75) is 12.5 Å². The van der Waals surface area contributed by atoms with Crippen molar-refractivity contribution in [3.8, 4) is 0 Å². The van der Waals surface area contributed by atoms with Gasteiger partial charge >= 0.3 is 5.69 Å². The van der Waals surface area contributed by atoms with Crippen LogP contribution in [0.1, 0.15) is 12.7 Å². The van der Waals surface area contributed by atoms with Gasteiger partial charge in [-0.05, 0) is 19.1 Å². The van der Waals surface area contributed by atoms with Crippen LogP contribution in [-0.4, -0.2) is 26.5 Å². The number of nitrogens with zero attached hydrogens (tertiary/aromatic N) is 3. The molecule has 4 N–H and O–H groups in total. The van der Waals surface area contributed by atoms with Crippen molar-refractivity contribution in [2.75, 3.05) is 17.6 Å². The van der Waals surface area contributed by atoms with E-state index in [0.29, 0.717) is 5.76 Å². The first-order chi connectivity index (χ1) is 9.40. The summed E-state index contributed by atoms with van der Waals surface area (Å²) in [6, 6.07) is 3.29. The molecule has 0 amide bonds. The minimum absolute atomic E-state index is 0.0533. The Morgan fingerprint density at radius 3 is 2.95 bits per heavy atom. The second-order valence-corrected chi connectivity index (χ2v) is 4.33. The lowest BCUT2D eigenvalue weighted by Crippen LogP contribution is -2.30. The third-order valence-corrected chi connectivity index (χ3v) is 2.64. The van der Waals surface area contributed by atoms with Crippen LogP contribution in [0.2, 0.25) is 0 Å². The van der Waals surface area contributed by atoms with Crippen LogP contribution in [0, 0.1) is 10.1 Å². The summed E-state index contributed by atoms with van der Waals surface area (Å²) in [5, 5.41) is 23.5. The van der Waals surface area contributed by atoms with Crippen LogP contribution in [0.5, 0.6) is 0 Å². The van der Waals surface area contributed by atoms with Crippen LogP contribution in [0.3, 0.4) is 0 Å². The van der Waals surface area contributed by atoms with Crippen LogP contribution in [0.25, 0.3) is 0 Å². The topological polar surface area (TPSA) is 140 Å². The predicted molar refractivity (Wildman–Crippen MR) is 69.9 cm³/mol. The average molecular weight is 279 g/mol. The number of rotatable bonds is 5. The highest BCUT2D eigenvalue weighted by Crippen LogP contribution is 2.22. The number of nitrogens with two attached hydrogens (primary N) is 1. The highest BCUT2D eigenvalue weighted by Gasteiger charge is 2.26. The lowest BCUT2D eigenvalue weighted by Gasteiger charge is -2.21. The third-order valence-electron chi connectivity index (χ3n) is 2.64. The van der Waals surface area contributed by atoms with Gasteiger partial charge in [-0.1, -0.05) is 0 Å². The van der Waals surface area contributed by atoms with Gasteiger partial charge in [-0.3, -0.25) is 10.1 Å². The molecule has 0 spiro atoms. The Morgan fingerprint density at radius 2 is 2.40 bits per heavy atom. The molecule has 1 atom stereocenters. The zero-order valence-corrected chi connectivity index (χ0v) is 10.6. The number of furan rings is 1. The van der Waals surface area contributed by atoms with E-state index >= 15 is 0 Å². The molecule has 2 heterocycles. The number of nitrogen functional groups attached to an aromatic ring is 1. The van der Waals surface area contributed by atoms with Crippen molar-refractivity contribution in [1.82, 2.24) is 9.97 Å². The van der Waals surface area contributed by atoms with E-state index in [0.717, 1.165) is 6.20 Å². The minimum Gasteiger partial charge on any atom is -0.466 e. The molecule has 0 fully saturated rings. The quantitative estimate of drug-likeness (QED) is 0.541. The molecular formula is C11H13N5O4. The van der Waals surface area contributed by atoms with Gasteiger partial charge in [0.25, 0.3) is 0 Å². The SMILES string of the molecule is CC(O)(CNc1ncc([N+](=O)[O-])c(N)n1)c1ccco1. The number of nitrogens with one attached hydrogen (secondary N) is 1. The summed E-state index contributed by atoms with van der Waals surface area (Å²) in [4.78, 5) is 17.4. The Labute approximate surface area is 113 Å². The molecule has 2 aromatic rings. The van der Waals surface area contributed by atoms with Crippen LogP contribution in [-0.2, 0) is 5.60 Å². The van der Waals surface area contributed by atoms with E-state index in [-0.39, 0.29) is 24.0 Å². The maximum absolute atomic E-state index is 10.6. The second-order valence-electron chi connectivity index (χ2n) is 4.33. The molecule has 20 heavy (non-hydrogen) atoms. The number of nitro groups is 1. The maximum atomic E-state index is 10.6. The fourth-order valence-corrected chi connectivity index (χ4v) is 1.54. The molecule has 0 bridgehead atoms. The zero-order valence-electron chi connectivity index (χ0n) is 10.6. The summed E-state index contributed by atoms with van der Waals surface area (Å²) >= 11 is 0. The van der Waals surface area contributed by atoms with Crippen molar-refractivity contribution < 1.29 is 14.4 Å². The van der Waals surface area contributed by atoms with E-state index in [1.54, 1.807) is 19.1 Å². The van der Waals surface area contributed by atoms with Crippen LogP contribution < -0.4 is 11.1 Å². The zero-order chi connectivity index (χ0) is 14.8. The van der Waals surface area contributed by atoms with Crippen LogP contribution in [0.4, 0.5) is 17.5 Å². The third kappa shape index (κ3) is 2.83. The molecule has 1 unspecified atom stereocenters. The molecule has 9 heteroatoms. The van der Waals surface area contributed by atoms with Gasteiger partial charge in [0, 0.05) is 0 Å². The standard InChI is InChI=1S/C11H13N5O4/c1-11(17,8-3-2-4-20-8)6-14-10-13-5-7(16(18)19)9(12)15-10/h2-5,17H,6H2,1H3,(H3,12,13,14,15). The van der Waals surface area contributed by atoms with E-state index in [1.165, 1.54) is 6.26 Å². The van der Waals surface area contributed by atoms with Gasteiger partial charge in [-0.15, -0.1) is 0 Å². The summed E-state index contributed by atoms with van der Waals surface area (Å²) in [6.07, 6.45) is 2.45. The molecule has 0 saturated heterocycles. The number of aliphatic hydroxyl groups is 1. The lowest BCUT2D eigenvalue weighted by molar-refractivity contribution is -0.384. The minimum atomic E-state index is -1.27. The van der Waals surface area contributed by atoms with Crippen molar-refractivity contribution in [2.24, 2.45) is 0 Å². The first kappa shape index (κ1) is 13.7. The first-order valence-electron chi connectivity index (χ1n) is 5.67. The second kappa shape index (κ2) is 5.13. The molecule has 0 aliphatic carbocycles. The number of anilines is 2. The molecule has 2 aromatic heterocycles. The monoisotopic (exact) mass is 279 g/mol. The van der Waals surface area contributed by atoms with Crippen molar-refractivity contribution in [3.63, 3.8) is 0 Å². The predicted octanol–water partition coefficient (Wildman–Crippen LogP) is 0.880. The molecule has 0 saturated carbocycles. The molecule has 0 aromatic carbocycles. The van der Waals surface area contributed by atoms with Gasteiger partial charge in [-0.2, -0.15) is 4.98 Å². The fraction of sp³-hybridized carbons (Fsp3) is 0.273. The van der Waals surface area contributed by atoms with Gasteiger partial charge < -0.3 is 20.6 Å². The van der Waals surface area contributed by atoms with Crippen LogP contribution in [0.15, 0.2) is 29.0 Å². The van der Waals surface area contributed by atoms with Gasteiger partial charge in [0.1, 0.15) is 17.6 Å². The lowest BCUT2D eigenvalue weighted by atomic mass is 10.0. The van der Waals surface area contributed by atoms with Gasteiger partial charge in [0.2, 0.25) is 11.8 Å². The van der Waals surface area contributed by atoms with Crippen molar-refractivity contribution >= 4 is 17.5 Å². The Hall–Kier alpha value is -2.68. The van der Waals surface area contributed by atoms with Crippen molar-refractivity contribution in [1.29, 1.82) is 0 Å². The molecular weight excluding hydrogens is 266 g/mol. The summed E-state index contributed by atoms with van der Waals surface area (Å²) in [6.45, 7) is 1.60. The summed E-state index contributed by atoms with van der Waals surface area (Å²) in [5.41, 5.74) is 3.80. The van der Waals surface area contributed by atoms with E-state index in [2.05, 4.69) is 15.3 Å². The Kier molecular flexibility index (Phi) is 3.53. The van der Waals surface area contributed by atoms with Crippen molar-refractivity contribution in [3.05, 3.63) is 40.5 Å². The molecule has 106 valence electrons. The number of hydrogen-bond acceptors (Lipinski definition) is 8. The molecule has 0 aliphatic heterocycles. The maximum Gasteiger partial charge on any atom is 0.329 e. The number of aromatic nitrogens is 2. The number of hydrogen-bond donors (Lipinski definition) is 3. The van der Waals surface area contributed by atoms with E-state index in [4.69, 9.17) is 10.2 Å². The molecule has 0 radical (unpaired) electrons. The molecule has 0 aliphatic rings. The van der Waals surface area contributed by atoms with Gasteiger partial charge in [0.15, 0.2) is 0 Å². The van der Waals surface area contributed by atoms with Gasteiger partial charge in [0.05, 0.1) is 17.7 Å². The normalized spacial score (nSPS) is 13.7. The largest absolute Gasteiger partial charge is 0.466 e. The fourth-order valence-electron chi connectivity index (χ4n) is 1.54. The van der Waals surface area contributed by atoms with Gasteiger partial charge in [-0.25, -0.2) is 4.98 Å². The Morgan fingerprint density at radius 1 is 1.65 bits per heavy atom. The Balaban J connectivity index is 2.08. The summed E-state index contributed by atoms with van der Waals surface area (Å²) < 4.78 is 5.12. The molecule has 2 rings (SSSR count). The highest BCUT2D eigenvalue weighted by atomic mass is 16.6. The first-order valence-corrected chi connectivity index (χ1v) is 5.67. The average Bonchev–Trinajstić information content (AvgIpc) is 2.90. The summed E-state index contributed by atoms with van der Waals surface area (Å²) in [7, 11) is 0. The highest BCUT2D eigenvalue weighted by molar-refractivity contribution is 5.53. The van der Waals surface area contributed by atoms with E-state index in [9.17, 15) is 15.2 Å². The van der Waals surface area contributed by atoms with Crippen LogP contribution >= 0.6 is 0 Å². The Bertz CT molecular complexity index is 611.